The first kappa shape index (κ1) is 34.0. The molecule has 0 aromatic heterocycles. The summed E-state index contributed by atoms with van der Waals surface area (Å²) in [6.07, 6.45) is 15.3. The van der Waals surface area contributed by atoms with Crippen molar-refractivity contribution >= 4 is 5.97 Å². The van der Waals surface area contributed by atoms with Gasteiger partial charge in [0.05, 0.1) is 11.7 Å². The summed E-state index contributed by atoms with van der Waals surface area (Å²) in [6, 6.07) is 30.5. The molecule has 0 N–H and O–H groups in total. The maximum absolute atomic E-state index is 12.8. The third-order valence-electron chi connectivity index (χ3n) is 8.65. The molecule has 45 heavy (non-hydrogen) atoms. The molecule has 0 unspecified atom stereocenters. The van der Waals surface area contributed by atoms with Gasteiger partial charge in [-0.3, -0.25) is 0 Å². The summed E-state index contributed by atoms with van der Waals surface area (Å²) >= 11 is 0. The topological polar surface area (TPSA) is 35.5 Å². The van der Waals surface area contributed by atoms with Crippen molar-refractivity contribution in [1.29, 1.82) is 0 Å². The highest BCUT2D eigenvalue weighted by atomic mass is 16.5. The lowest BCUT2D eigenvalue weighted by atomic mass is 9.95. The fraction of sp³-hybridized carbons (Fsp3) is 0.405. The Hall–Kier alpha value is -3.85. The smallest absolute Gasteiger partial charge is 0.343 e. The van der Waals surface area contributed by atoms with Crippen molar-refractivity contribution in [1.82, 2.24) is 0 Å². The Morgan fingerprint density at radius 3 is 1.73 bits per heavy atom. The first-order valence-electron chi connectivity index (χ1n) is 17.3. The van der Waals surface area contributed by atoms with Gasteiger partial charge in [0, 0.05) is 0 Å². The number of rotatable bonds is 18. The fourth-order valence-corrected chi connectivity index (χ4v) is 5.81. The summed E-state index contributed by atoms with van der Waals surface area (Å²) in [6.45, 7) is 8.83. The highest BCUT2D eigenvalue weighted by Crippen LogP contribution is 2.28. The lowest BCUT2D eigenvalue weighted by Crippen LogP contribution is -2.12. The van der Waals surface area contributed by atoms with Gasteiger partial charge < -0.3 is 9.47 Å². The minimum Gasteiger partial charge on any atom is -0.491 e. The minimum atomic E-state index is -0.375. The number of ether oxygens (including phenoxy) is 2. The zero-order chi connectivity index (χ0) is 31.9. The van der Waals surface area contributed by atoms with Gasteiger partial charge >= 0.3 is 5.97 Å². The van der Waals surface area contributed by atoms with E-state index in [2.05, 4.69) is 70.2 Å². The standard InChI is InChI=1S/C42H52O3/c1-5-7-9-11-12-14-16-34-17-22-39(31-32(34)3)37-20-18-35(19-21-37)36-23-27-41(28-24-36)45-42(43)38-25-29-40(30-26-38)44-33(4)15-13-10-8-6-2/h17-31,33H,5-16H2,1-4H3/t33-/m1/s1. The summed E-state index contributed by atoms with van der Waals surface area (Å²) in [4.78, 5) is 12.8. The third kappa shape index (κ3) is 10.9. The van der Waals surface area contributed by atoms with Gasteiger partial charge in [-0.15, -0.1) is 0 Å². The second-order valence-electron chi connectivity index (χ2n) is 12.5. The summed E-state index contributed by atoms with van der Waals surface area (Å²) in [7, 11) is 0. The number of carbonyl (C=O) groups is 1. The molecule has 0 amide bonds. The van der Waals surface area contributed by atoms with Crippen LogP contribution in [0.3, 0.4) is 0 Å². The van der Waals surface area contributed by atoms with Crippen molar-refractivity contribution in [3.05, 3.63) is 108 Å². The molecule has 238 valence electrons. The van der Waals surface area contributed by atoms with Gasteiger partial charge in [-0.1, -0.05) is 120 Å². The summed E-state index contributed by atoms with van der Waals surface area (Å²) in [5.74, 6) is 0.929. The molecule has 0 saturated heterocycles. The number of unbranched alkanes of at least 4 members (excludes halogenated alkanes) is 8. The first-order chi connectivity index (χ1) is 22.0. The molecular formula is C42H52O3. The molecule has 3 heteroatoms. The van der Waals surface area contributed by atoms with E-state index in [0.717, 1.165) is 23.3 Å². The second kappa shape index (κ2) is 18.2. The van der Waals surface area contributed by atoms with Crippen LogP contribution in [0.15, 0.2) is 91.0 Å². The molecule has 0 radical (unpaired) electrons. The van der Waals surface area contributed by atoms with Crippen LogP contribution in [0.4, 0.5) is 0 Å². The van der Waals surface area contributed by atoms with Gasteiger partial charge in [0.15, 0.2) is 0 Å². The van der Waals surface area contributed by atoms with Crippen molar-refractivity contribution in [2.45, 2.75) is 111 Å². The van der Waals surface area contributed by atoms with Gasteiger partial charge in [0.2, 0.25) is 0 Å². The van der Waals surface area contributed by atoms with Gasteiger partial charge in [-0.05, 0) is 109 Å². The quantitative estimate of drug-likeness (QED) is 0.0644. The largest absolute Gasteiger partial charge is 0.491 e. The highest BCUT2D eigenvalue weighted by Gasteiger charge is 2.11. The molecule has 0 heterocycles. The van der Waals surface area contributed by atoms with Crippen LogP contribution in [0.5, 0.6) is 11.5 Å². The molecule has 3 nitrogen and oxygen atoms in total. The zero-order valence-electron chi connectivity index (χ0n) is 27.9. The SMILES string of the molecule is CCCCCCCCc1ccc(-c2ccc(-c3ccc(OC(=O)c4ccc(O[C@H](C)CCCCCC)cc4)cc3)cc2)cc1C. The van der Waals surface area contributed by atoms with Crippen LogP contribution in [-0.2, 0) is 6.42 Å². The van der Waals surface area contributed by atoms with Gasteiger partial charge in [0.1, 0.15) is 11.5 Å². The van der Waals surface area contributed by atoms with Crippen LogP contribution >= 0.6 is 0 Å². The molecule has 0 bridgehead atoms. The van der Waals surface area contributed by atoms with E-state index in [-0.39, 0.29) is 12.1 Å². The van der Waals surface area contributed by atoms with Crippen molar-refractivity contribution in [2.24, 2.45) is 0 Å². The van der Waals surface area contributed by atoms with Crippen LogP contribution < -0.4 is 9.47 Å². The molecular weight excluding hydrogens is 552 g/mol. The number of benzene rings is 4. The third-order valence-corrected chi connectivity index (χ3v) is 8.65. The molecule has 0 saturated carbocycles. The van der Waals surface area contributed by atoms with Gasteiger partial charge in [0.25, 0.3) is 0 Å². The normalized spacial score (nSPS) is 11.7. The van der Waals surface area contributed by atoms with Gasteiger partial charge in [-0.25, -0.2) is 4.79 Å². The lowest BCUT2D eigenvalue weighted by Gasteiger charge is -2.14. The number of carbonyl (C=O) groups excluding carboxylic acids is 1. The molecule has 0 spiro atoms. The molecule has 4 rings (SSSR count). The predicted octanol–water partition coefficient (Wildman–Crippen LogP) is 12.2. The number of hydrogen-bond acceptors (Lipinski definition) is 3. The van der Waals surface area contributed by atoms with Crippen LogP contribution in [0.1, 0.15) is 113 Å². The Bertz CT molecular complexity index is 1440. The summed E-state index contributed by atoms with van der Waals surface area (Å²) < 4.78 is 11.7. The van der Waals surface area contributed by atoms with E-state index in [1.54, 1.807) is 12.1 Å². The Labute approximate surface area is 272 Å². The fourth-order valence-electron chi connectivity index (χ4n) is 5.81. The average molecular weight is 605 g/mol. The zero-order valence-corrected chi connectivity index (χ0v) is 27.9. The Balaban J connectivity index is 1.27. The van der Waals surface area contributed by atoms with Crippen molar-refractivity contribution in [3.63, 3.8) is 0 Å². The molecule has 4 aromatic rings. The Morgan fingerprint density at radius 1 is 0.600 bits per heavy atom. The van der Waals surface area contributed by atoms with E-state index in [0.29, 0.717) is 11.3 Å². The number of aryl methyl sites for hydroxylation is 2. The van der Waals surface area contributed by atoms with E-state index < -0.39 is 0 Å². The summed E-state index contributed by atoms with van der Waals surface area (Å²) in [5.41, 5.74) is 8.03. The second-order valence-corrected chi connectivity index (χ2v) is 12.5. The molecule has 4 aromatic carbocycles. The van der Waals surface area contributed by atoms with Crippen molar-refractivity contribution in [2.75, 3.05) is 0 Å². The maximum Gasteiger partial charge on any atom is 0.343 e. The van der Waals surface area contributed by atoms with Gasteiger partial charge in [-0.2, -0.15) is 0 Å². The van der Waals surface area contributed by atoms with E-state index in [1.165, 1.54) is 92.9 Å². The lowest BCUT2D eigenvalue weighted by molar-refractivity contribution is 0.0734. The average Bonchev–Trinajstić information content (AvgIpc) is 3.06. The van der Waals surface area contributed by atoms with Crippen LogP contribution in [0.25, 0.3) is 22.3 Å². The highest BCUT2D eigenvalue weighted by molar-refractivity contribution is 5.91. The first-order valence-corrected chi connectivity index (χ1v) is 17.3. The molecule has 0 fully saturated rings. The van der Waals surface area contributed by atoms with E-state index in [4.69, 9.17) is 9.47 Å². The van der Waals surface area contributed by atoms with Crippen LogP contribution in [0.2, 0.25) is 0 Å². The molecule has 0 aliphatic carbocycles. The molecule has 0 aliphatic rings. The predicted molar refractivity (Wildman–Crippen MR) is 189 cm³/mol. The number of hydrogen-bond donors (Lipinski definition) is 0. The van der Waals surface area contributed by atoms with E-state index in [1.807, 2.05) is 36.4 Å². The summed E-state index contributed by atoms with van der Waals surface area (Å²) in [5, 5.41) is 0. The number of esters is 1. The van der Waals surface area contributed by atoms with E-state index >= 15 is 0 Å². The molecule has 1 atom stereocenters. The molecule has 0 aliphatic heterocycles. The Kier molecular flexibility index (Phi) is 13.8. The maximum atomic E-state index is 12.8. The van der Waals surface area contributed by atoms with Crippen molar-refractivity contribution < 1.29 is 14.3 Å². The van der Waals surface area contributed by atoms with Crippen LogP contribution in [-0.4, -0.2) is 12.1 Å². The Morgan fingerprint density at radius 2 is 1.11 bits per heavy atom. The minimum absolute atomic E-state index is 0.157. The van der Waals surface area contributed by atoms with E-state index in [9.17, 15) is 4.79 Å². The monoisotopic (exact) mass is 604 g/mol. The van der Waals surface area contributed by atoms with Crippen LogP contribution in [0, 0.1) is 6.92 Å². The van der Waals surface area contributed by atoms with Crippen molar-refractivity contribution in [3.8, 4) is 33.8 Å².